The SMILES string of the molecule is CC(c1ccc(Cl)cc1)N(C)C(=O)c1ccncc1O. The molecule has 1 amide bonds. The van der Waals surface area contributed by atoms with Crippen molar-refractivity contribution in [3.63, 3.8) is 0 Å². The van der Waals surface area contributed by atoms with Crippen LogP contribution < -0.4 is 0 Å². The van der Waals surface area contributed by atoms with E-state index in [1.807, 2.05) is 19.1 Å². The Bertz CT molecular complexity index is 614. The molecule has 1 heterocycles. The van der Waals surface area contributed by atoms with Crippen molar-refractivity contribution in [2.75, 3.05) is 7.05 Å². The van der Waals surface area contributed by atoms with Crippen molar-refractivity contribution < 1.29 is 9.90 Å². The second kappa shape index (κ2) is 5.92. The fraction of sp³-hybridized carbons (Fsp3) is 0.200. The molecule has 104 valence electrons. The number of halogens is 1. The summed E-state index contributed by atoms with van der Waals surface area (Å²) < 4.78 is 0. The smallest absolute Gasteiger partial charge is 0.257 e. The normalized spacial score (nSPS) is 11.9. The topological polar surface area (TPSA) is 53.4 Å². The lowest BCUT2D eigenvalue weighted by molar-refractivity contribution is 0.0739. The Kier molecular flexibility index (Phi) is 4.25. The number of amides is 1. The van der Waals surface area contributed by atoms with Gasteiger partial charge < -0.3 is 10.0 Å². The molecular formula is C15H15ClN2O2. The van der Waals surface area contributed by atoms with Crippen LogP contribution in [0.4, 0.5) is 0 Å². The number of pyridine rings is 1. The predicted octanol–water partition coefficient (Wildman–Crippen LogP) is 3.27. The van der Waals surface area contributed by atoms with Gasteiger partial charge in [0.05, 0.1) is 17.8 Å². The Morgan fingerprint density at radius 3 is 2.55 bits per heavy atom. The van der Waals surface area contributed by atoms with Crippen LogP contribution in [0.15, 0.2) is 42.7 Å². The van der Waals surface area contributed by atoms with Gasteiger partial charge in [-0.05, 0) is 30.7 Å². The first kappa shape index (κ1) is 14.3. The average Bonchev–Trinajstić information content (AvgIpc) is 2.46. The summed E-state index contributed by atoms with van der Waals surface area (Å²) in [5.41, 5.74) is 1.21. The largest absolute Gasteiger partial charge is 0.505 e. The van der Waals surface area contributed by atoms with Gasteiger partial charge in [-0.25, -0.2) is 0 Å². The highest BCUT2D eigenvalue weighted by Crippen LogP contribution is 2.24. The van der Waals surface area contributed by atoms with Crippen LogP contribution in [-0.4, -0.2) is 27.9 Å². The number of aromatic nitrogens is 1. The van der Waals surface area contributed by atoms with Gasteiger partial charge in [-0.1, -0.05) is 23.7 Å². The van der Waals surface area contributed by atoms with Gasteiger partial charge in [-0.15, -0.1) is 0 Å². The van der Waals surface area contributed by atoms with Gasteiger partial charge in [0.1, 0.15) is 5.75 Å². The van der Waals surface area contributed by atoms with E-state index in [-0.39, 0.29) is 23.3 Å². The third-order valence-electron chi connectivity index (χ3n) is 3.28. The minimum Gasteiger partial charge on any atom is -0.505 e. The number of rotatable bonds is 3. The Balaban J connectivity index is 2.22. The highest BCUT2D eigenvalue weighted by atomic mass is 35.5. The molecule has 1 aromatic heterocycles. The fourth-order valence-corrected chi connectivity index (χ4v) is 2.02. The van der Waals surface area contributed by atoms with Crippen LogP contribution in [0, 0.1) is 0 Å². The summed E-state index contributed by atoms with van der Waals surface area (Å²) in [6.07, 6.45) is 2.74. The van der Waals surface area contributed by atoms with Crippen molar-refractivity contribution >= 4 is 17.5 Å². The number of aromatic hydroxyl groups is 1. The lowest BCUT2D eigenvalue weighted by Gasteiger charge is -2.25. The van der Waals surface area contributed by atoms with Gasteiger partial charge in [0.15, 0.2) is 0 Å². The van der Waals surface area contributed by atoms with Gasteiger partial charge in [-0.2, -0.15) is 0 Å². The maximum Gasteiger partial charge on any atom is 0.257 e. The van der Waals surface area contributed by atoms with Crippen LogP contribution in [-0.2, 0) is 0 Å². The summed E-state index contributed by atoms with van der Waals surface area (Å²) in [5, 5.41) is 10.3. The van der Waals surface area contributed by atoms with Crippen molar-refractivity contribution in [3.05, 3.63) is 58.9 Å². The molecule has 2 aromatic rings. The average molecular weight is 291 g/mol. The molecule has 1 aromatic carbocycles. The van der Waals surface area contributed by atoms with Crippen molar-refractivity contribution in [2.45, 2.75) is 13.0 Å². The Hall–Kier alpha value is -2.07. The van der Waals surface area contributed by atoms with E-state index < -0.39 is 0 Å². The summed E-state index contributed by atoms with van der Waals surface area (Å²) >= 11 is 5.85. The molecule has 1 unspecified atom stereocenters. The lowest BCUT2D eigenvalue weighted by Crippen LogP contribution is -2.29. The summed E-state index contributed by atoms with van der Waals surface area (Å²) in [7, 11) is 1.70. The number of hydrogen-bond acceptors (Lipinski definition) is 3. The van der Waals surface area contributed by atoms with Crippen LogP contribution >= 0.6 is 11.6 Å². The maximum absolute atomic E-state index is 12.4. The monoisotopic (exact) mass is 290 g/mol. The summed E-state index contributed by atoms with van der Waals surface area (Å²) in [6.45, 7) is 1.92. The fourth-order valence-electron chi connectivity index (χ4n) is 1.90. The molecular weight excluding hydrogens is 276 g/mol. The van der Waals surface area contributed by atoms with Crippen LogP contribution in [0.3, 0.4) is 0 Å². The van der Waals surface area contributed by atoms with Crippen LogP contribution in [0.2, 0.25) is 5.02 Å². The molecule has 0 fully saturated rings. The van der Waals surface area contributed by atoms with E-state index in [4.69, 9.17) is 11.6 Å². The molecule has 4 nitrogen and oxygen atoms in total. The van der Waals surface area contributed by atoms with E-state index in [1.165, 1.54) is 18.5 Å². The minimum absolute atomic E-state index is 0.118. The molecule has 0 aliphatic rings. The molecule has 0 bridgehead atoms. The molecule has 0 saturated heterocycles. The van der Waals surface area contributed by atoms with E-state index in [1.54, 1.807) is 24.1 Å². The highest BCUT2D eigenvalue weighted by Gasteiger charge is 2.21. The maximum atomic E-state index is 12.4. The van der Waals surface area contributed by atoms with Crippen molar-refractivity contribution in [1.82, 2.24) is 9.88 Å². The zero-order valence-corrected chi connectivity index (χ0v) is 12.0. The highest BCUT2D eigenvalue weighted by molar-refractivity contribution is 6.30. The second-order valence-electron chi connectivity index (χ2n) is 4.54. The van der Waals surface area contributed by atoms with E-state index in [2.05, 4.69) is 4.98 Å². The standard InChI is InChI=1S/C15H15ClN2O2/c1-10(11-3-5-12(16)6-4-11)18(2)15(20)13-7-8-17-9-14(13)19/h3-10,19H,1-2H3. The third kappa shape index (κ3) is 2.91. The Morgan fingerprint density at radius 1 is 1.30 bits per heavy atom. The number of benzene rings is 1. The summed E-state index contributed by atoms with van der Waals surface area (Å²) in [5.74, 6) is -0.375. The molecule has 1 N–H and O–H groups in total. The van der Waals surface area contributed by atoms with Crippen LogP contribution in [0.5, 0.6) is 5.75 Å². The molecule has 0 aliphatic carbocycles. The van der Waals surface area contributed by atoms with Gasteiger partial charge in [-0.3, -0.25) is 9.78 Å². The van der Waals surface area contributed by atoms with Gasteiger partial charge in [0, 0.05) is 18.3 Å². The van der Waals surface area contributed by atoms with Crippen LogP contribution in [0.25, 0.3) is 0 Å². The van der Waals surface area contributed by atoms with E-state index in [0.29, 0.717) is 5.02 Å². The predicted molar refractivity (Wildman–Crippen MR) is 77.9 cm³/mol. The van der Waals surface area contributed by atoms with Crippen LogP contribution in [0.1, 0.15) is 28.9 Å². The van der Waals surface area contributed by atoms with E-state index in [9.17, 15) is 9.90 Å². The first-order valence-corrected chi connectivity index (χ1v) is 6.54. The Labute approximate surface area is 122 Å². The Morgan fingerprint density at radius 2 is 1.95 bits per heavy atom. The number of hydrogen-bond donors (Lipinski definition) is 1. The molecule has 1 atom stereocenters. The quantitative estimate of drug-likeness (QED) is 0.944. The van der Waals surface area contributed by atoms with E-state index in [0.717, 1.165) is 5.56 Å². The molecule has 0 aliphatic heterocycles. The van der Waals surface area contributed by atoms with Gasteiger partial charge in [0.25, 0.3) is 5.91 Å². The molecule has 0 radical (unpaired) electrons. The number of carbonyl (C=O) groups excluding carboxylic acids is 1. The van der Waals surface area contributed by atoms with Crippen molar-refractivity contribution in [3.8, 4) is 5.75 Å². The third-order valence-corrected chi connectivity index (χ3v) is 3.54. The van der Waals surface area contributed by atoms with Crippen molar-refractivity contribution in [1.29, 1.82) is 0 Å². The number of nitrogens with zero attached hydrogens (tertiary/aromatic N) is 2. The first-order valence-electron chi connectivity index (χ1n) is 6.16. The molecule has 5 heteroatoms. The molecule has 0 saturated carbocycles. The zero-order chi connectivity index (χ0) is 14.7. The second-order valence-corrected chi connectivity index (χ2v) is 4.97. The van der Waals surface area contributed by atoms with Gasteiger partial charge in [0.2, 0.25) is 0 Å². The first-order chi connectivity index (χ1) is 9.50. The lowest BCUT2D eigenvalue weighted by atomic mass is 10.1. The van der Waals surface area contributed by atoms with Crippen molar-refractivity contribution in [2.24, 2.45) is 0 Å². The van der Waals surface area contributed by atoms with Gasteiger partial charge >= 0.3 is 0 Å². The molecule has 20 heavy (non-hydrogen) atoms. The number of carbonyl (C=O) groups is 1. The molecule has 2 rings (SSSR count). The summed E-state index contributed by atoms with van der Waals surface area (Å²) in [4.78, 5) is 17.7. The zero-order valence-electron chi connectivity index (χ0n) is 11.2. The minimum atomic E-state index is -0.257. The molecule has 0 spiro atoms. The van der Waals surface area contributed by atoms with E-state index >= 15 is 0 Å². The summed E-state index contributed by atoms with van der Waals surface area (Å²) in [6, 6.07) is 8.70.